The third-order valence-electron chi connectivity index (χ3n) is 14.6. The van der Waals surface area contributed by atoms with Gasteiger partial charge in [0.25, 0.3) is 0 Å². The van der Waals surface area contributed by atoms with Gasteiger partial charge in [0.05, 0.1) is 0 Å². The summed E-state index contributed by atoms with van der Waals surface area (Å²) in [5, 5.41) is 0. The van der Waals surface area contributed by atoms with Crippen LogP contribution in [0.25, 0.3) is 0 Å². The Kier molecular flexibility index (Phi) is 334. The average molecular weight is 1410 g/mol. The van der Waals surface area contributed by atoms with Crippen LogP contribution in [0.4, 0.5) is 0 Å². The van der Waals surface area contributed by atoms with E-state index in [1.54, 1.807) is 0 Å². The van der Waals surface area contributed by atoms with Crippen molar-refractivity contribution in [1.82, 2.24) is 0 Å². The average Bonchev–Trinajstić information content (AvgIpc) is 1.75. The van der Waals surface area contributed by atoms with Crippen LogP contribution < -0.4 is 0 Å². The molecule has 0 aromatic carbocycles. The van der Waals surface area contributed by atoms with Crippen LogP contribution in [0.2, 0.25) is 0 Å². The van der Waals surface area contributed by atoms with Gasteiger partial charge in [-0.25, -0.2) is 0 Å². The van der Waals surface area contributed by atoms with E-state index in [1.165, 1.54) is 96.3 Å². The monoisotopic (exact) mass is 1410 g/mol. The van der Waals surface area contributed by atoms with E-state index in [4.69, 9.17) is 0 Å². The van der Waals surface area contributed by atoms with E-state index in [9.17, 15) is 0 Å². The molecule has 0 bridgehead atoms. The van der Waals surface area contributed by atoms with Crippen LogP contribution in [-0.4, -0.2) is 0 Å². The molecule has 0 nitrogen and oxygen atoms in total. The molecule has 0 aromatic rings. The second-order valence-electron chi connectivity index (χ2n) is 18.0. The standard InChI is InChI=1S/2C14H26.C8H16.C7H14.24C2H6.Y/c1-10-6-5-7-11(2)14(10)12(3)8-9-13(14)4;1-10(2)14(11(3)4)12(5)8-7-9-13(14)6;1-7-4-3-5-8(2)6-7;1-6-3-4-7(2)5-6;24*1-2;/h10-13H,5-9H2,1-4H3;10-13H,1,3,7-9H2,2,4-6H3;7-8H,3-6H2,1-2H3;6-7H,3-5H2,1-2H3;24*1-2H3;/q;-2;;;;;;;;;;;;;;;;;;;;;;;;;;;/t2*10-,11+,12-,13+,14?;7-,8+;6-,7+;;;;;;;;;;;;;;;;;;;;;;;;;. The summed E-state index contributed by atoms with van der Waals surface area (Å²) in [6.07, 6.45) is 21.9. The van der Waals surface area contributed by atoms with Gasteiger partial charge in [0.1, 0.15) is 0 Å². The van der Waals surface area contributed by atoms with Crippen molar-refractivity contribution in [3.8, 4) is 0 Å². The summed E-state index contributed by atoms with van der Waals surface area (Å²) in [6, 6.07) is 0. The third-order valence-corrected chi connectivity index (χ3v) is 14.6. The molecule has 14 atom stereocenters. The van der Waals surface area contributed by atoms with Crippen LogP contribution >= 0.6 is 0 Å². The molecule has 5 saturated carbocycles. The van der Waals surface area contributed by atoms with Crippen molar-refractivity contribution >= 4 is 0 Å². The zero-order chi connectivity index (χ0) is 80.5. The van der Waals surface area contributed by atoms with Crippen molar-refractivity contribution in [1.29, 1.82) is 0 Å². The molecule has 92 heavy (non-hydrogen) atoms. The topological polar surface area (TPSA) is 0 Å². The van der Waals surface area contributed by atoms with Gasteiger partial charge in [-0.05, 0) is 90.3 Å². The minimum absolute atomic E-state index is 0. The molecule has 1 spiro atoms. The predicted molar refractivity (Wildman–Crippen MR) is 467 cm³/mol. The Morgan fingerprint density at radius 1 is 0.207 bits per heavy atom. The van der Waals surface area contributed by atoms with Crippen molar-refractivity contribution in [2.24, 2.45) is 81.8 Å². The van der Waals surface area contributed by atoms with Gasteiger partial charge in [-0.1, -0.05) is 491 Å². The first-order valence-corrected chi connectivity index (χ1v) is 43.8. The second kappa shape index (κ2) is 186. The maximum absolute atomic E-state index is 4.32. The van der Waals surface area contributed by atoms with Crippen molar-refractivity contribution in [2.75, 3.05) is 0 Å². The Hall–Kier alpha value is 1.10. The van der Waals surface area contributed by atoms with Gasteiger partial charge in [-0.2, -0.15) is 11.8 Å². The number of hydrogen-bond donors (Lipinski definition) is 0. The van der Waals surface area contributed by atoms with E-state index in [2.05, 4.69) is 96.9 Å². The van der Waals surface area contributed by atoms with Gasteiger partial charge in [0, 0.05) is 32.7 Å². The molecule has 595 valence electrons. The van der Waals surface area contributed by atoms with Crippen LogP contribution in [0.5, 0.6) is 0 Å². The summed E-state index contributed by atoms with van der Waals surface area (Å²) in [5.41, 5.74) is 1.08. The van der Waals surface area contributed by atoms with Crippen molar-refractivity contribution in [3.05, 3.63) is 13.8 Å². The van der Waals surface area contributed by atoms with Crippen LogP contribution in [0.1, 0.15) is 512 Å². The molecule has 0 amide bonds. The first-order chi connectivity index (χ1) is 44.1. The fraction of sp³-hybridized carbons (Fsp3) is 0.978. The molecule has 5 fully saturated rings. The van der Waals surface area contributed by atoms with Crippen LogP contribution in [-0.2, 0) is 32.7 Å². The van der Waals surface area contributed by atoms with Gasteiger partial charge in [0.15, 0.2) is 0 Å². The molecule has 1 radical (unpaired) electrons. The molecule has 0 saturated heterocycles. The number of hydrogen-bond acceptors (Lipinski definition) is 0. The van der Waals surface area contributed by atoms with Gasteiger partial charge < -0.3 is 13.8 Å². The Balaban J connectivity index is -0.0000000252. The van der Waals surface area contributed by atoms with E-state index >= 15 is 0 Å². The van der Waals surface area contributed by atoms with Crippen LogP contribution in [0, 0.1) is 95.7 Å². The quantitative estimate of drug-likeness (QED) is 0.242. The third kappa shape index (κ3) is 102. The minimum Gasteiger partial charge on any atom is -0.340 e. The Bertz CT molecular complexity index is 675. The van der Waals surface area contributed by atoms with Crippen LogP contribution in [0.3, 0.4) is 0 Å². The summed E-state index contributed by atoms with van der Waals surface area (Å²) in [6.45, 7) is 134. The van der Waals surface area contributed by atoms with Crippen LogP contribution in [0.15, 0.2) is 0 Å². The van der Waals surface area contributed by atoms with Gasteiger partial charge >= 0.3 is 0 Å². The zero-order valence-corrected chi connectivity index (χ0v) is 83.4. The van der Waals surface area contributed by atoms with E-state index in [1.807, 2.05) is 332 Å². The largest absolute Gasteiger partial charge is 0.340 e. The summed E-state index contributed by atoms with van der Waals surface area (Å²) >= 11 is 0. The normalized spacial score (nSPS) is 23.0. The maximum Gasteiger partial charge on any atom is 0 e. The fourth-order valence-electron chi connectivity index (χ4n) is 12.5. The van der Waals surface area contributed by atoms with E-state index in [0.29, 0.717) is 22.7 Å². The predicted octanol–water partition coefficient (Wildman–Crippen LogP) is 38.8. The second-order valence-corrected chi connectivity index (χ2v) is 18.0. The summed E-state index contributed by atoms with van der Waals surface area (Å²) in [4.78, 5) is 0. The summed E-state index contributed by atoms with van der Waals surface area (Å²) in [7, 11) is 0. The fourth-order valence-corrected chi connectivity index (χ4v) is 12.5. The Labute approximate surface area is 635 Å². The summed E-state index contributed by atoms with van der Waals surface area (Å²) in [5.74, 6) is 10.6. The van der Waals surface area contributed by atoms with E-state index in [0.717, 1.165) is 59.2 Å². The smallest absolute Gasteiger partial charge is 0 e. The molecular formula is C91H226Y-2. The molecule has 5 aliphatic carbocycles. The first-order valence-electron chi connectivity index (χ1n) is 43.8. The molecule has 0 aromatic heterocycles. The molecule has 0 heterocycles. The Morgan fingerprint density at radius 3 is 0.457 bits per heavy atom. The summed E-state index contributed by atoms with van der Waals surface area (Å²) < 4.78 is 0. The van der Waals surface area contributed by atoms with E-state index in [-0.39, 0.29) is 32.7 Å². The maximum atomic E-state index is 4.32. The first kappa shape index (κ1) is 165. The van der Waals surface area contributed by atoms with Crippen molar-refractivity contribution in [2.45, 2.75) is 512 Å². The van der Waals surface area contributed by atoms with Gasteiger partial charge in [-0.15, -0.1) is 0 Å². The van der Waals surface area contributed by atoms with Crippen molar-refractivity contribution < 1.29 is 32.7 Å². The zero-order valence-electron chi connectivity index (χ0n) is 80.5. The Morgan fingerprint density at radius 2 is 0.337 bits per heavy atom. The van der Waals surface area contributed by atoms with E-state index < -0.39 is 0 Å². The SMILES string of the molecule is CC.CC.CC.CC.CC.CC.CC.CC.CC.CC.CC.CC.CC.CC.CC.CC.CC.CC.CC.CC.CC.CC.CC.CC.C[C@@H]1CCC[C@H](C)C1.C[C@@H]1CCC[C@H](C)C12[C@H](C)CC[C@@H]2C.C[C@@H]1CC[C@H](C)C1.[CH2-][C@H](C)C1([C@@H]([CH2-])C)[C@H](C)CCC[C@@H]1C.[Y]. The molecule has 2 unspecified atom stereocenters. The molecule has 0 aliphatic heterocycles. The molecule has 5 rings (SSSR count). The molecule has 1 heteroatoms. The number of rotatable bonds is 2. The molecular weight excluding hydrogens is 1180 g/mol. The minimum atomic E-state index is 0. The van der Waals surface area contributed by atoms with Crippen molar-refractivity contribution in [3.63, 3.8) is 0 Å². The molecule has 0 N–H and O–H groups in total. The molecule has 5 aliphatic rings. The van der Waals surface area contributed by atoms with Gasteiger partial charge in [-0.3, -0.25) is 0 Å². The van der Waals surface area contributed by atoms with Gasteiger partial charge in [0.2, 0.25) is 0 Å².